The molecule has 1 N–H and O–H groups in total. The molecule has 0 spiro atoms. The Labute approximate surface area is 167 Å². The van der Waals surface area contributed by atoms with Crippen molar-refractivity contribution in [2.45, 2.75) is 6.54 Å². The number of anilines is 1. The molecule has 3 aromatic carbocycles. The first kappa shape index (κ1) is 17.2. The quantitative estimate of drug-likeness (QED) is 0.513. The number of benzene rings is 3. The summed E-state index contributed by atoms with van der Waals surface area (Å²) in [5, 5.41) is 7.22. The van der Waals surface area contributed by atoms with Crippen molar-refractivity contribution in [3.63, 3.8) is 0 Å². The molecule has 29 heavy (non-hydrogen) atoms. The molecule has 0 unspecified atom stereocenters. The van der Waals surface area contributed by atoms with Crippen LogP contribution in [0.2, 0.25) is 0 Å². The lowest BCUT2D eigenvalue weighted by Gasteiger charge is -2.19. The smallest absolute Gasteiger partial charge is 0.263 e. The van der Waals surface area contributed by atoms with Gasteiger partial charge in [-0.1, -0.05) is 60.7 Å². The van der Waals surface area contributed by atoms with E-state index in [4.69, 9.17) is 4.98 Å². The monoisotopic (exact) mass is 381 g/mol. The first-order valence-corrected chi connectivity index (χ1v) is 9.42. The average molecular weight is 381 g/mol. The molecule has 6 heteroatoms. The zero-order chi connectivity index (χ0) is 19.8. The first-order chi connectivity index (χ1) is 14.2. The first-order valence-electron chi connectivity index (χ1n) is 9.42. The van der Waals surface area contributed by atoms with Gasteiger partial charge in [-0.3, -0.25) is 9.78 Å². The Morgan fingerprint density at radius 1 is 0.931 bits per heavy atom. The Kier molecular flexibility index (Phi) is 4.09. The van der Waals surface area contributed by atoms with E-state index in [1.165, 1.54) is 16.3 Å². The van der Waals surface area contributed by atoms with Crippen LogP contribution in [0.1, 0.15) is 5.56 Å². The van der Waals surface area contributed by atoms with Crippen molar-refractivity contribution in [2.75, 3.05) is 11.9 Å². The zero-order valence-electron chi connectivity index (χ0n) is 15.9. The van der Waals surface area contributed by atoms with Crippen LogP contribution >= 0.6 is 0 Å². The van der Waals surface area contributed by atoms with E-state index in [2.05, 4.69) is 40.4 Å². The van der Waals surface area contributed by atoms with Crippen molar-refractivity contribution in [2.24, 2.45) is 0 Å². The van der Waals surface area contributed by atoms with E-state index < -0.39 is 0 Å². The maximum atomic E-state index is 12.6. The summed E-state index contributed by atoms with van der Waals surface area (Å²) in [5.41, 5.74) is 2.38. The van der Waals surface area contributed by atoms with Crippen molar-refractivity contribution >= 4 is 27.8 Å². The molecule has 5 rings (SSSR count). The molecule has 0 fully saturated rings. The fourth-order valence-corrected chi connectivity index (χ4v) is 3.61. The molecule has 0 saturated heterocycles. The number of para-hydroxylation sites is 1. The molecule has 5 aromatic rings. The number of H-pyrrole nitrogens is 1. The minimum absolute atomic E-state index is 0.197. The maximum Gasteiger partial charge on any atom is 0.263 e. The summed E-state index contributed by atoms with van der Waals surface area (Å²) in [6, 6.07) is 24.2. The van der Waals surface area contributed by atoms with Crippen LogP contribution in [0.3, 0.4) is 0 Å². The molecule has 0 aliphatic carbocycles. The van der Waals surface area contributed by atoms with E-state index in [0.717, 1.165) is 5.69 Å². The van der Waals surface area contributed by atoms with Crippen molar-refractivity contribution in [3.8, 4) is 5.69 Å². The van der Waals surface area contributed by atoms with E-state index >= 15 is 0 Å². The van der Waals surface area contributed by atoms with E-state index in [-0.39, 0.29) is 5.56 Å². The van der Waals surface area contributed by atoms with Gasteiger partial charge in [-0.15, -0.1) is 0 Å². The highest BCUT2D eigenvalue weighted by molar-refractivity contribution is 5.86. The van der Waals surface area contributed by atoms with E-state index in [1.807, 2.05) is 54.4 Å². The van der Waals surface area contributed by atoms with Gasteiger partial charge in [0.15, 0.2) is 5.65 Å². The number of hydrogen-bond acceptors (Lipinski definition) is 4. The average Bonchev–Trinajstić information content (AvgIpc) is 3.19. The number of aromatic amines is 1. The minimum atomic E-state index is -0.197. The van der Waals surface area contributed by atoms with Crippen LogP contribution in [0.4, 0.5) is 5.95 Å². The number of nitrogens with zero attached hydrogens (tertiary/aromatic N) is 4. The van der Waals surface area contributed by atoms with Crippen LogP contribution in [-0.2, 0) is 6.54 Å². The van der Waals surface area contributed by atoms with Gasteiger partial charge in [-0.25, -0.2) is 4.68 Å². The lowest BCUT2D eigenvalue weighted by Crippen LogP contribution is -2.23. The van der Waals surface area contributed by atoms with E-state index in [9.17, 15) is 4.79 Å². The Morgan fingerprint density at radius 3 is 2.55 bits per heavy atom. The molecule has 0 aliphatic heterocycles. The predicted octanol–water partition coefficient (Wildman–Crippen LogP) is 3.90. The van der Waals surface area contributed by atoms with Crippen LogP contribution in [0.15, 0.2) is 83.8 Å². The van der Waals surface area contributed by atoms with Gasteiger partial charge >= 0.3 is 0 Å². The topological polar surface area (TPSA) is 66.8 Å². The molecule has 0 amide bonds. The highest BCUT2D eigenvalue weighted by Crippen LogP contribution is 2.21. The standard InChI is InChI=1S/C23H19N5O/c1-27(15-17-10-7-9-16-8-5-6-13-19(16)17)23-25-21-20(22(29)26-23)14-24-28(21)18-11-3-2-4-12-18/h2-14H,15H2,1H3,(H,25,26,29). The summed E-state index contributed by atoms with van der Waals surface area (Å²) in [6.45, 7) is 0.620. The molecule has 6 nitrogen and oxygen atoms in total. The summed E-state index contributed by atoms with van der Waals surface area (Å²) < 4.78 is 1.69. The number of hydrogen-bond donors (Lipinski definition) is 1. The normalized spacial score (nSPS) is 11.2. The molecule has 0 bridgehead atoms. The van der Waals surface area contributed by atoms with Crippen LogP contribution < -0.4 is 10.5 Å². The predicted molar refractivity (Wildman–Crippen MR) is 116 cm³/mol. The summed E-state index contributed by atoms with van der Waals surface area (Å²) in [7, 11) is 1.93. The molecule has 0 saturated carbocycles. The summed E-state index contributed by atoms with van der Waals surface area (Å²) >= 11 is 0. The lowest BCUT2D eigenvalue weighted by molar-refractivity contribution is 0.855. The fourth-order valence-electron chi connectivity index (χ4n) is 3.61. The van der Waals surface area contributed by atoms with Crippen molar-refractivity contribution in [1.29, 1.82) is 0 Å². The number of rotatable bonds is 4. The van der Waals surface area contributed by atoms with Gasteiger partial charge in [0.25, 0.3) is 5.56 Å². The second-order valence-corrected chi connectivity index (χ2v) is 7.01. The van der Waals surface area contributed by atoms with Gasteiger partial charge in [0.1, 0.15) is 5.39 Å². The Morgan fingerprint density at radius 2 is 1.69 bits per heavy atom. The Hall–Kier alpha value is -3.93. The Bertz CT molecular complexity index is 1370. The van der Waals surface area contributed by atoms with Crippen molar-refractivity contribution in [3.05, 3.63) is 94.9 Å². The second-order valence-electron chi connectivity index (χ2n) is 7.01. The third-order valence-corrected chi connectivity index (χ3v) is 5.08. The van der Waals surface area contributed by atoms with E-state index in [1.54, 1.807) is 10.9 Å². The second kappa shape index (κ2) is 6.91. The van der Waals surface area contributed by atoms with Gasteiger partial charge in [-0.2, -0.15) is 10.1 Å². The molecular formula is C23H19N5O. The molecule has 0 aliphatic rings. The lowest BCUT2D eigenvalue weighted by atomic mass is 10.0. The number of fused-ring (bicyclic) bond motifs is 2. The maximum absolute atomic E-state index is 12.6. The number of nitrogens with one attached hydrogen (secondary N) is 1. The highest BCUT2D eigenvalue weighted by atomic mass is 16.1. The van der Waals surface area contributed by atoms with Gasteiger partial charge in [0.2, 0.25) is 5.95 Å². The minimum Gasteiger partial charge on any atom is -0.341 e. The zero-order valence-corrected chi connectivity index (χ0v) is 15.9. The molecule has 142 valence electrons. The summed E-state index contributed by atoms with van der Waals surface area (Å²) in [6.07, 6.45) is 1.56. The third-order valence-electron chi connectivity index (χ3n) is 5.08. The van der Waals surface area contributed by atoms with Crippen LogP contribution in [0.25, 0.3) is 27.5 Å². The molecule has 0 atom stereocenters. The van der Waals surface area contributed by atoms with Crippen molar-refractivity contribution in [1.82, 2.24) is 19.7 Å². The molecule has 2 heterocycles. The fraction of sp³-hybridized carbons (Fsp3) is 0.0870. The molecule has 2 aromatic heterocycles. The molecule has 0 radical (unpaired) electrons. The molecular weight excluding hydrogens is 362 g/mol. The summed E-state index contributed by atoms with van der Waals surface area (Å²) in [5.74, 6) is 0.508. The summed E-state index contributed by atoms with van der Waals surface area (Å²) in [4.78, 5) is 22.2. The van der Waals surface area contributed by atoms with E-state index in [0.29, 0.717) is 23.5 Å². The van der Waals surface area contributed by atoms with Crippen LogP contribution in [0.5, 0.6) is 0 Å². The van der Waals surface area contributed by atoms with Gasteiger partial charge in [0, 0.05) is 13.6 Å². The van der Waals surface area contributed by atoms with Gasteiger partial charge in [-0.05, 0) is 28.5 Å². The SMILES string of the molecule is CN(Cc1cccc2ccccc12)c1nc2c(cnn2-c2ccccc2)c(=O)[nH]1. The van der Waals surface area contributed by atoms with Gasteiger partial charge in [0.05, 0.1) is 11.9 Å². The number of aromatic nitrogens is 4. The van der Waals surface area contributed by atoms with Crippen LogP contribution in [0, 0.1) is 0 Å². The Balaban J connectivity index is 1.57. The largest absolute Gasteiger partial charge is 0.341 e. The van der Waals surface area contributed by atoms with Crippen molar-refractivity contribution < 1.29 is 0 Å². The van der Waals surface area contributed by atoms with Gasteiger partial charge < -0.3 is 4.90 Å². The van der Waals surface area contributed by atoms with Crippen LogP contribution in [-0.4, -0.2) is 26.8 Å². The third kappa shape index (κ3) is 3.04. The highest BCUT2D eigenvalue weighted by Gasteiger charge is 2.14.